The largest absolute Gasteiger partial charge is 0.490 e. The molecule has 0 bridgehead atoms. The number of allylic oxidation sites excluding steroid dienone is 1. The molecule has 0 amide bonds. The van der Waals surface area contributed by atoms with Crippen molar-refractivity contribution < 1.29 is 19.4 Å². The summed E-state index contributed by atoms with van der Waals surface area (Å²) in [6, 6.07) is 12.0. The van der Waals surface area contributed by atoms with Crippen molar-refractivity contribution in [1.29, 1.82) is 0 Å². The zero-order valence-electron chi connectivity index (χ0n) is 24.4. The highest BCUT2D eigenvalue weighted by Crippen LogP contribution is 2.46. The molecule has 0 radical (unpaired) electrons. The molecule has 40 heavy (non-hydrogen) atoms. The van der Waals surface area contributed by atoms with Crippen molar-refractivity contribution in [1.82, 2.24) is 0 Å². The van der Waals surface area contributed by atoms with Gasteiger partial charge in [-0.3, -0.25) is 0 Å². The van der Waals surface area contributed by atoms with E-state index in [0.29, 0.717) is 18.1 Å². The van der Waals surface area contributed by atoms with Crippen LogP contribution in [-0.2, 0) is 16.6 Å². The van der Waals surface area contributed by atoms with E-state index in [4.69, 9.17) is 21.1 Å². The van der Waals surface area contributed by atoms with Crippen LogP contribution in [0.1, 0.15) is 87.7 Å². The van der Waals surface area contributed by atoms with Crippen LogP contribution in [0, 0.1) is 11.8 Å². The number of carbonyl (C=O) groups is 1. The van der Waals surface area contributed by atoms with Crippen LogP contribution in [-0.4, -0.2) is 42.5 Å². The van der Waals surface area contributed by atoms with Gasteiger partial charge in [-0.25, -0.2) is 4.79 Å². The van der Waals surface area contributed by atoms with Gasteiger partial charge >= 0.3 is 5.97 Å². The van der Waals surface area contributed by atoms with Crippen molar-refractivity contribution in [3.63, 3.8) is 0 Å². The summed E-state index contributed by atoms with van der Waals surface area (Å²) < 4.78 is 12.3. The van der Waals surface area contributed by atoms with Crippen LogP contribution < -0.4 is 9.64 Å². The Labute approximate surface area is 244 Å². The van der Waals surface area contributed by atoms with Crippen LogP contribution in [0.15, 0.2) is 48.6 Å². The van der Waals surface area contributed by atoms with E-state index in [2.05, 4.69) is 30.0 Å². The number of aryl methyl sites for hydroxylation is 1. The number of anilines is 1. The predicted octanol–water partition coefficient (Wildman–Crippen LogP) is 7.51. The van der Waals surface area contributed by atoms with Gasteiger partial charge in [0, 0.05) is 23.5 Å². The highest BCUT2D eigenvalue weighted by Gasteiger charge is 2.44. The standard InChI is InChI=1S/C34H44ClNO4/c1-5-6-7-10-30(37)27-14-11-25(27)20-36-21-34(17-8-9-23-18-26(35)13-15-28(23)34)22-39-31-16-12-24(19-29(31)36)32(38)40-33(2,3)4/h7,10,12-13,15-16,18-19,25,27,30,37H,5-6,8-9,11,14,17,20-22H2,1-4H3/t25-,27+,30-,34-/m0/s1. The lowest BCUT2D eigenvalue weighted by atomic mass is 9.68. The van der Waals surface area contributed by atoms with E-state index in [1.165, 1.54) is 11.1 Å². The summed E-state index contributed by atoms with van der Waals surface area (Å²) in [5.74, 6) is 1.07. The molecule has 216 valence electrons. The Morgan fingerprint density at radius 3 is 2.80 bits per heavy atom. The quantitative estimate of drug-likeness (QED) is 0.278. The molecule has 0 aromatic heterocycles. The Kier molecular flexibility index (Phi) is 8.54. The first-order valence-corrected chi connectivity index (χ1v) is 15.4. The molecule has 1 aliphatic heterocycles. The topological polar surface area (TPSA) is 59.0 Å². The van der Waals surface area contributed by atoms with Crippen molar-refractivity contribution in [2.45, 2.75) is 89.8 Å². The smallest absolute Gasteiger partial charge is 0.338 e. The van der Waals surface area contributed by atoms with Gasteiger partial charge in [-0.1, -0.05) is 43.2 Å². The van der Waals surface area contributed by atoms with Gasteiger partial charge in [0.15, 0.2) is 0 Å². The van der Waals surface area contributed by atoms with Gasteiger partial charge < -0.3 is 19.5 Å². The van der Waals surface area contributed by atoms with E-state index in [1.54, 1.807) is 0 Å². The lowest BCUT2D eigenvalue weighted by Crippen LogP contribution is -2.49. The average molecular weight is 566 g/mol. The molecular formula is C34H44ClNO4. The van der Waals surface area contributed by atoms with Crippen molar-refractivity contribution in [3.8, 4) is 5.75 Å². The average Bonchev–Trinajstić information content (AvgIpc) is 3.03. The Balaban J connectivity index is 1.49. The van der Waals surface area contributed by atoms with E-state index in [1.807, 2.05) is 51.1 Å². The molecule has 4 atom stereocenters. The van der Waals surface area contributed by atoms with Crippen LogP contribution in [0.4, 0.5) is 5.69 Å². The molecule has 2 aliphatic carbocycles. The molecule has 1 saturated carbocycles. The number of hydrogen-bond acceptors (Lipinski definition) is 5. The number of halogens is 1. The fourth-order valence-electron chi connectivity index (χ4n) is 6.68. The Hall–Kier alpha value is -2.50. The first kappa shape index (κ1) is 29.0. The lowest BCUT2D eigenvalue weighted by Gasteiger charge is -2.45. The van der Waals surface area contributed by atoms with E-state index < -0.39 is 11.7 Å². The number of rotatable bonds is 7. The molecule has 2 aromatic rings. The summed E-state index contributed by atoms with van der Waals surface area (Å²) in [7, 11) is 0. The minimum atomic E-state index is -0.572. The zero-order chi connectivity index (χ0) is 28.5. The van der Waals surface area contributed by atoms with Crippen molar-refractivity contribution >= 4 is 23.3 Å². The molecule has 5 rings (SSSR count). The van der Waals surface area contributed by atoms with Gasteiger partial charge in [-0.15, -0.1) is 0 Å². The van der Waals surface area contributed by atoms with Gasteiger partial charge in [0.2, 0.25) is 0 Å². The summed E-state index contributed by atoms with van der Waals surface area (Å²) in [4.78, 5) is 15.5. The van der Waals surface area contributed by atoms with Crippen molar-refractivity contribution in [2.75, 3.05) is 24.6 Å². The highest BCUT2D eigenvalue weighted by molar-refractivity contribution is 6.30. The molecule has 1 N–H and O–H groups in total. The number of hydrogen-bond donors (Lipinski definition) is 1. The van der Waals surface area contributed by atoms with Gasteiger partial charge in [0.05, 0.1) is 24.0 Å². The predicted molar refractivity (Wildman–Crippen MR) is 162 cm³/mol. The van der Waals surface area contributed by atoms with E-state index in [0.717, 1.165) is 74.5 Å². The Morgan fingerprint density at radius 2 is 2.08 bits per heavy atom. The van der Waals surface area contributed by atoms with E-state index >= 15 is 0 Å². The Morgan fingerprint density at radius 1 is 1.25 bits per heavy atom. The SMILES string of the molecule is CCCC=C[C@H](O)[C@@H]1CC[C@H]1CN1C[C@@]2(CCCc3cc(Cl)ccc32)COc2ccc(C(=O)OC(C)(C)C)cc21. The summed E-state index contributed by atoms with van der Waals surface area (Å²) >= 11 is 6.40. The van der Waals surface area contributed by atoms with Crippen LogP contribution in [0.2, 0.25) is 5.02 Å². The van der Waals surface area contributed by atoms with Crippen LogP contribution >= 0.6 is 11.6 Å². The number of ether oxygens (including phenoxy) is 2. The molecule has 5 nitrogen and oxygen atoms in total. The van der Waals surface area contributed by atoms with Crippen LogP contribution in [0.5, 0.6) is 5.75 Å². The molecule has 6 heteroatoms. The maximum absolute atomic E-state index is 13.1. The highest BCUT2D eigenvalue weighted by atomic mass is 35.5. The summed E-state index contributed by atoms with van der Waals surface area (Å²) in [5, 5.41) is 11.7. The van der Waals surface area contributed by atoms with E-state index in [-0.39, 0.29) is 17.3 Å². The zero-order valence-corrected chi connectivity index (χ0v) is 25.2. The second-order valence-electron chi connectivity index (χ2n) is 13.0. The third-order valence-electron chi connectivity index (χ3n) is 8.83. The molecule has 1 spiro atoms. The van der Waals surface area contributed by atoms with Gasteiger partial charge in [0.25, 0.3) is 0 Å². The van der Waals surface area contributed by atoms with Crippen LogP contribution in [0.3, 0.4) is 0 Å². The second kappa shape index (κ2) is 11.8. The number of esters is 1. The molecule has 1 fully saturated rings. The monoisotopic (exact) mass is 565 g/mol. The normalized spacial score (nSPS) is 25.0. The third-order valence-corrected chi connectivity index (χ3v) is 9.07. The fraction of sp³-hybridized carbons (Fsp3) is 0.559. The fourth-order valence-corrected chi connectivity index (χ4v) is 6.87. The van der Waals surface area contributed by atoms with Gasteiger partial charge in [-0.05, 0) is 113 Å². The number of aliphatic hydroxyl groups is 1. The molecule has 3 aliphatic rings. The van der Waals surface area contributed by atoms with Crippen molar-refractivity contribution in [2.24, 2.45) is 11.8 Å². The number of benzene rings is 2. The number of nitrogens with zero attached hydrogens (tertiary/aromatic N) is 1. The number of unbranched alkanes of at least 4 members (excludes halogenated alkanes) is 1. The minimum Gasteiger partial charge on any atom is -0.490 e. The maximum atomic E-state index is 13.1. The number of carbonyl (C=O) groups excluding carboxylic acids is 1. The van der Waals surface area contributed by atoms with Crippen LogP contribution in [0.25, 0.3) is 0 Å². The Bertz CT molecular complexity index is 1250. The van der Waals surface area contributed by atoms with Crippen molar-refractivity contribution in [3.05, 3.63) is 70.3 Å². The van der Waals surface area contributed by atoms with E-state index in [9.17, 15) is 9.90 Å². The minimum absolute atomic E-state index is 0.178. The molecular weight excluding hydrogens is 522 g/mol. The number of fused-ring (bicyclic) bond motifs is 3. The van der Waals surface area contributed by atoms with Gasteiger partial charge in [0.1, 0.15) is 11.4 Å². The number of aliphatic hydroxyl groups excluding tert-OH is 1. The lowest BCUT2D eigenvalue weighted by molar-refractivity contribution is 0.00695. The second-order valence-corrected chi connectivity index (χ2v) is 13.4. The summed E-state index contributed by atoms with van der Waals surface area (Å²) in [6.45, 7) is 9.99. The molecule has 1 heterocycles. The molecule has 2 aromatic carbocycles. The summed E-state index contributed by atoms with van der Waals surface area (Å²) in [6.07, 6.45) is 11.0. The first-order valence-electron chi connectivity index (χ1n) is 15.0. The maximum Gasteiger partial charge on any atom is 0.338 e. The third kappa shape index (κ3) is 6.21. The van der Waals surface area contributed by atoms with Gasteiger partial charge in [-0.2, -0.15) is 0 Å². The molecule has 0 unspecified atom stereocenters. The summed E-state index contributed by atoms with van der Waals surface area (Å²) in [5.41, 5.74) is 3.34. The molecule has 0 saturated heterocycles. The first-order chi connectivity index (χ1) is 19.1.